The van der Waals surface area contributed by atoms with Gasteiger partial charge in [-0.1, -0.05) is 0 Å². The first-order valence-electron chi connectivity index (χ1n) is 11.6. The smallest absolute Gasteiger partial charge is 0.228 e. The van der Waals surface area contributed by atoms with E-state index in [0.717, 1.165) is 68.0 Å². The second-order valence-electron chi connectivity index (χ2n) is 9.90. The van der Waals surface area contributed by atoms with E-state index in [9.17, 15) is 4.79 Å². The normalized spacial score (nSPS) is 33.8. The number of fused-ring (bicyclic) bond motifs is 3. The Bertz CT molecular complexity index is 955. The van der Waals surface area contributed by atoms with Crippen molar-refractivity contribution in [3.8, 4) is 11.4 Å². The minimum atomic E-state index is 0.114. The molecule has 4 unspecified atom stereocenters. The van der Waals surface area contributed by atoms with E-state index in [2.05, 4.69) is 25.5 Å². The van der Waals surface area contributed by atoms with E-state index in [4.69, 9.17) is 4.74 Å². The highest BCUT2D eigenvalue weighted by atomic mass is 16.5. The number of nitrogens with zero attached hydrogens (tertiary/aromatic N) is 5. The second kappa shape index (κ2) is 7.29. The lowest BCUT2D eigenvalue weighted by atomic mass is 9.88. The van der Waals surface area contributed by atoms with Gasteiger partial charge < -0.3 is 15.0 Å². The van der Waals surface area contributed by atoms with Gasteiger partial charge >= 0.3 is 0 Å². The maximum Gasteiger partial charge on any atom is 0.228 e. The average molecular weight is 423 g/mol. The number of hydrogen-bond acceptors (Lipinski definition) is 6. The van der Waals surface area contributed by atoms with Crippen LogP contribution in [0.1, 0.15) is 37.7 Å². The first-order valence-corrected chi connectivity index (χ1v) is 11.6. The average Bonchev–Trinajstić information content (AvgIpc) is 3.56. The van der Waals surface area contributed by atoms with E-state index in [1.165, 1.54) is 0 Å². The van der Waals surface area contributed by atoms with Crippen LogP contribution in [0.2, 0.25) is 0 Å². The quantitative estimate of drug-likeness (QED) is 0.815. The van der Waals surface area contributed by atoms with Crippen LogP contribution in [0.15, 0.2) is 18.3 Å². The van der Waals surface area contributed by atoms with Gasteiger partial charge in [-0.3, -0.25) is 9.48 Å². The summed E-state index contributed by atoms with van der Waals surface area (Å²) in [7, 11) is 1.92. The topological polar surface area (TPSA) is 85.2 Å². The fraction of sp³-hybridized carbons (Fsp3) is 0.652. The zero-order chi connectivity index (χ0) is 21.1. The molecule has 8 heteroatoms. The van der Waals surface area contributed by atoms with E-state index in [0.29, 0.717) is 29.9 Å². The number of anilines is 1. The van der Waals surface area contributed by atoms with Gasteiger partial charge in [0, 0.05) is 26.2 Å². The first kappa shape index (κ1) is 19.2. The molecule has 8 nitrogen and oxygen atoms in total. The lowest BCUT2D eigenvalue weighted by Gasteiger charge is -2.26. The molecule has 1 amide bonds. The molecule has 0 radical (unpaired) electrons. The summed E-state index contributed by atoms with van der Waals surface area (Å²) in [6, 6.07) is 4.41. The number of aromatic nitrogens is 4. The first-order chi connectivity index (χ1) is 15.0. The van der Waals surface area contributed by atoms with Crippen LogP contribution in [0.25, 0.3) is 11.4 Å². The number of likely N-dealkylation sites (tertiary alicyclic amines) is 1. The molecule has 2 aromatic rings. The summed E-state index contributed by atoms with van der Waals surface area (Å²) in [6.07, 6.45) is 7.68. The third kappa shape index (κ3) is 3.32. The molecule has 1 aliphatic carbocycles. The standard InChI is InChI=1S/C23H30N6O2/c1-13-10-24-28(2)22(13)19-4-6-21(27-26-19)25-16-7-14-11-29(12-15(14)8-16)23(30)18-9-17-3-5-20(18)31-17/h4,6,10,14-18,20H,3,5,7-9,11-12H2,1-2H3,(H,25,27)/t14-,15+,16?,17?,18?,20?. The Labute approximate surface area is 182 Å². The SMILES string of the molecule is Cc1cnn(C)c1-c1ccc(NC2C[C@@H]3CN(C(=O)C4CC5CCC4O5)C[C@@H]3C2)nn1. The van der Waals surface area contributed by atoms with Crippen LogP contribution in [0, 0.1) is 24.7 Å². The van der Waals surface area contributed by atoms with E-state index in [-0.39, 0.29) is 12.0 Å². The van der Waals surface area contributed by atoms with Crippen molar-refractivity contribution < 1.29 is 9.53 Å². The van der Waals surface area contributed by atoms with Gasteiger partial charge in [-0.2, -0.15) is 5.10 Å². The Morgan fingerprint density at radius 3 is 2.52 bits per heavy atom. The van der Waals surface area contributed by atoms with Crippen molar-refractivity contribution >= 4 is 11.7 Å². The second-order valence-corrected chi connectivity index (χ2v) is 9.90. The molecule has 1 N–H and O–H groups in total. The van der Waals surface area contributed by atoms with Crippen molar-refractivity contribution in [2.45, 2.75) is 57.3 Å². The molecule has 1 saturated carbocycles. The predicted molar refractivity (Wildman–Crippen MR) is 115 cm³/mol. The molecule has 0 aromatic carbocycles. The Hall–Kier alpha value is -2.48. The molecule has 2 aromatic heterocycles. The number of amides is 1. The summed E-state index contributed by atoms with van der Waals surface area (Å²) in [4.78, 5) is 15.2. The van der Waals surface area contributed by atoms with Gasteiger partial charge in [0.1, 0.15) is 11.5 Å². The van der Waals surface area contributed by atoms with Gasteiger partial charge in [-0.15, -0.1) is 10.2 Å². The van der Waals surface area contributed by atoms with Crippen molar-refractivity contribution in [3.63, 3.8) is 0 Å². The maximum atomic E-state index is 13.0. The molecule has 0 spiro atoms. The van der Waals surface area contributed by atoms with Crippen molar-refractivity contribution in [1.29, 1.82) is 0 Å². The van der Waals surface area contributed by atoms with Gasteiger partial charge in [-0.05, 0) is 68.6 Å². The molecular weight excluding hydrogens is 392 g/mol. The summed E-state index contributed by atoms with van der Waals surface area (Å²) in [6.45, 7) is 3.84. The monoisotopic (exact) mass is 422 g/mol. The third-order valence-electron chi connectivity index (χ3n) is 7.87. The maximum absolute atomic E-state index is 13.0. The molecule has 4 aliphatic rings. The van der Waals surface area contributed by atoms with Crippen molar-refractivity contribution in [3.05, 3.63) is 23.9 Å². The highest BCUT2D eigenvalue weighted by Gasteiger charge is 2.49. The molecule has 3 aliphatic heterocycles. The summed E-state index contributed by atoms with van der Waals surface area (Å²) < 4.78 is 7.75. The van der Waals surface area contributed by atoms with E-state index in [1.807, 2.05) is 37.0 Å². The molecule has 5 heterocycles. The summed E-state index contributed by atoms with van der Waals surface area (Å²) >= 11 is 0. The minimum Gasteiger partial charge on any atom is -0.374 e. The lowest BCUT2D eigenvalue weighted by molar-refractivity contribution is -0.136. The predicted octanol–water partition coefficient (Wildman–Crippen LogP) is 2.40. The van der Waals surface area contributed by atoms with Crippen LogP contribution in [0.4, 0.5) is 5.82 Å². The minimum absolute atomic E-state index is 0.114. The van der Waals surface area contributed by atoms with Gasteiger partial charge in [0.05, 0.1) is 30.0 Å². The fourth-order valence-electron chi connectivity index (χ4n) is 6.39. The molecule has 31 heavy (non-hydrogen) atoms. The van der Waals surface area contributed by atoms with E-state index >= 15 is 0 Å². The molecule has 2 bridgehead atoms. The molecule has 4 fully saturated rings. The highest BCUT2D eigenvalue weighted by Crippen LogP contribution is 2.43. The number of aryl methyl sites for hydroxylation is 2. The van der Waals surface area contributed by atoms with Crippen LogP contribution < -0.4 is 5.32 Å². The van der Waals surface area contributed by atoms with E-state index < -0.39 is 0 Å². The van der Waals surface area contributed by atoms with Crippen LogP contribution in [-0.4, -0.2) is 62.1 Å². The largest absolute Gasteiger partial charge is 0.374 e. The van der Waals surface area contributed by atoms with E-state index in [1.54, 1.807) is 0 Å². The molecule has 6 atom stereocenters. The Balaban J connectivity index is 1.05. The number of ether oxygens (including phenoxy) is 1. The zero-order valence-corrected chi connectivity index (χ0v) is 18.2. The molecule has 6 rings (SSSR count). The Morgan fingerprint density at radius 2 is 1.94 bits per heavy atom. The molecular formula is C23H30N6O2. The number of nitrogens with one attached hydrogen (secondary N) is 1. The van der Waals surface area contributed by atoms with Gasteiger partial charge in [0.2, 0.25) is 5.91 Å². The van der Waals surface area contributed by atoms with Crippen molar-refractivity contribution in [2.75, 3.05) is 18.4 Å². The number of carbonyl (C=O) groups excluding carboxylic acids is 1. The zero-order valence-electron chi connectivity index (χ0n) is 18.2. The number of carbonyl (C=O) groups is 1. The van der Waals surface area contributed by atoms with Gasteiger partial charge in [0.25, 0.3) is 0 Å². The molecule has 164 valence electrons. The van der Waals surface area contributed by atoms with Gasteiger partial charge in [0.15, 0.2) is 0 Å². The van der Waals surface area contributed by atoms with Crippen LogP contribution >= 0.6 is 0 Å². The summed E-state index contributed by atoms with van der Waals surface area (Å²) in [5.74, 6) is 2.46. The Morgan fingerprint density at radius 1 is 1.13 bits per heavy atom. The summed E-state index contributed by atoms with van der Waals surface area (Å²) in [5, 5.41) is 16.7. The molecule has 3 saturated heterocycles. The number of rotatable bonds is 4. The van der Waals surface area contributed by atoms with Crippen LogP contribution in [0.3, 0.4) is 0 Å². The highest BCUT2D eigenvalue weighted by molar-refractivity contribution is 5.80. The number of hydrogen-bond donors (Lipinski definition) is 1. The lowest BCUT2D eigenvalue weighted by Crippen LogP contribution is -2.39. The van der Waals surface area contributed by atoms with Crippen LogP contribution in [0.5, 0.6) is 0 Å². The third-order valence-corrected chi connectivity index (χ3v) is 7.87. The van der Waals surface area contributed by atoms with Crippen molar-refractivity contribution in [1.82, 2.24) is 24.9 Å². The Kier molecular flexibility index (Phi) is 4.52. The van der Waals surface area contributed by atoms with Gasteiger partial charge in [-0.25, -0.2) is 0 Å². The summed E-state index contributed by atoms with van der Waals surface area (Å²) in [5.41, 5.74) is 2.93. The fourth-order valence-corrected chi connectivity index (χ4v) is 6.39. The van der Waals surface area contributed by atoms with Crippen LogP contribution in [-0.2, 0) is 16.6 Å². The van der Waals surface area contributed by atoms with Crippen molar-refractivity contribution in [2.24, 2.45) is 24.8 Å².